The zero-order valence-electron chi connectivity index (χ0n) is 10.4. The molecule has 1 aromatic heterocycles. The first-order valence-electron chi connectivity index (χ1n) is 5.87. The van der Waals surface area contributed by atoms with Crippen LogP contribution in [0.3, 0.4) is 0 Å². The number of ketones is 1. The largest absolute Gasteiger partial charge is 0.481 e. The summed E-state index contributed by atoms with van der Waals surface area (Å²) in [5.41, 5.74) is 1.71. The zero-order valence-corrected chi connectivity index (χ0v) is 10.4. The van der Waals surface area contributed by atoms with Crippen LogP contribution in [-0.4, -0.2) is 21.8 Å². The van der Waals surface area contributed by atoms with Crippen molar-refractivity contribution in [3.8, 4) is 0 Å². The number of carboxylic acid groups (broad SMARTS) is 1. The van der Waals surface area contributed by atoms with E-state index in [1.54, 1.807) is 49.5 Å². The van der Waals surface area contributed by atoms with Gasteiger partial charge in [0.1, 0.15) is 0 Å². The highest BCUT2D eigenvalue weighted by Gasteiger charge is 2.14. The average Bonchev–Trinajstić information content (AvgIpc) is 2.46. The van der Waals surface area contributed by atoms with Crippen LogP contribution in [0.25, 0.3) is 0 Å². The smallest absolute Gasteiger partial charge is 0.310 e. The van der Waals surface area contributed by atoms with Gasteiger partial charge in [0.05, 0.1) is 5.92 Å². The van der Waals surface area contributed by atoms with Crippen molar-refractivity contribution in [1.29, 1.82) is 0 Å². The summed E-state index contributed by atoms with van der Waals surface area (Å²) < 4.78 is 0. The molecule has 1 N–H and O–H groups in total. The Morgan fingerprint density at radius 2 is 1.79 bits per heavy atom. The standard InChI is InChI=1S/C15H13NO3/c1-10(15(18)19)11-4-6-12(7-5-11)14(17)13-3-2-8-16-9-13/h2-10H,1H3,(H,18,19). The fraction of sp³-hybridized carbons (Fsp3) is 0.133. The minimum atomic E-state index is -0.883. The highest BCUT2D eigenvalue weighted by Crippen LogP contribution is 2.17. The average molecular weight is 255 g/mol. The van der Waals surface area contributed by atoms with E-state index in [1.807, 2.05) is 0 Å². The van der Waals surface area contributed by atoms with Crippen molar-refractivity contribution in [2.75, 3.05) is 0 Å². The molecule has 0 aliphatic carbocycles. The summed E-state index contributed by atoms with van der Waals surface area (Å²) in [7, 11) is 0. The van der Waals surface area contributed by atoms with E-state index >= 15 is 0 Å². The number of benzene rings is 1. The Bertz CT molecular complexity index is 591. The van der Waals surface area contributed by atoms with E-state index in [0.29, 0.717) is 16.7 Å². The van der Waals surface area contributed by atoms with Gasteiger partial charge in [-0.25, -0.2) is 0 Å². The molecule has 0 bridgehead atoms. The number of carboxylic acids is 1. The summed E-state index contributed by atoms with van der Waals surface area (Å²) in [5, 5.41) is 8.92. The van der Waals surface area contributed by atoms with Gasteiger partial charge in [0.15, 0.2) is 5.78 Å². The number of carbonyl (C=O) groups is 2. The molecule has 2 aromatic rings. The minimum Gasteiger partial charge on any atom is -0.481 e. The van der Waals surface area contributed by atoms with E-state index in [4.69, 9.17) is 5.11 Å². The lowest BCUT2D eigenvalue weighted by atomic mass is 9.97. The molecule has 0 aliphatic rings. The van der Waals surface area contributed by atoms with Gasteiger partial charge >= 0.3 is 5.97 Å². The number of carbonyl (C=O) groups excluding carboxylic acids is 1. The molecule has 1 atom stereocenters. The summed E-state index contributed by atoms with van der Waals surface area (Å²) in [6, 6.07) is 10.0. The quantitative estimate of drug-likeness (QED) is 0.852. The first kappa shape index (κ1) is 13.0. The summed E-state index contributed by atoms with van der Waals surface area (Å²) in [6.07, 6.45) is 3.12. The van der Waals surface area contributed by atoms with Gasteiger partial charge in [0.25, 0.3) is 0 Å². The zero-order chi connectivity index (χ0) is 13.8. The topological polar surface area (TPSA) is 67.3 Å². The second-order valence-corrected chi connectivity index (χ2v) is 4.25. The van der Waals surface area contributed by atoms with E-state index in [2.05, 4.69) is 4.98 Å². The van der Waals surface area contributed by atoms with Crippen molar-refractivity contribution in [2.24, 2.45) is 0 Å². The van der Waals surface area contributed by atoms with E-state index < -0.39 is 11.9 Å². The lowest BCUT2D eigenvalue weighted by Crippen LogP contribution is -2.08. The number of aliphatic carboxylic acids is 1. The van der Waals surface area contributed by atoms with E-state index in [-0.39, 0.29) is 5.78 Å². The van der Waals surface area contributed by atoms with Gasteiger partial charge in [-0.15, -0.1) is 0 Å². The number of aromatic nitrogens is 1. The van der Waals surface area contributed by atoms with Gasteiger partial charge in [-0.3, -0.25) is 14.6 Å². The molecular formula is C15H13NO3. The van der Waals surface area contributed by atoms with Crippen LogP contribution in [0, 0.1) is 0 Å². The van der Waals surface area contributed by atoms with Gasteiger partial charge < -0.3 is 5.11 Å². The molecule has 0 saturated heterocycles. The summed E-state index contributed by atoms with van der Waals surface area (Å²) in [5.74, 6) is -1.59. The number of hydrogen-bond acceptors (Lipinski definition) is 3. The molecule has 19 heavy (non-hydrogen) atoms. The van der Waals surface area contributed by atoms with Crippen molar-refractivity contribution < 1.29 is 14.7 Å². The van der Waals surface area contributed by atoms with Crippen LogP contribution in [-0.2, 0) is 4.79 Å². The second-order valence-electron chi connectivity index (χ2n) is 4.25. The molecule has 0 saturated carbocycles. The third-order valence-electron chi connectivity index (χ3n) is 2.97. The molecule has 2 rings (SSSR count). The molecule has 0 radical (unpaired) electrons. The molecule has 0 spiro atoms. The van der Waals surface area contributed by atoms with E-state index in [1.165, 1.54) is 6.20 Å². The third kappa shape index (κ3) is 2.85. The maximum atomic E-state index is 12.1. The van der Waals surface area contributed by atoms with Crippen LogP contribution in [0.5, 0.6) is 0 Å². The van der Waals surface area contributed by atoms with Crippen LogP contribution in [0.2, 0.25) is 0 Å². The fourth-order valence-corrected chi connectivity index (χ4v) is 1.73. The van der Waals surface area contributed by atoms with Crippen molar-refractivity contribution >= 4 is 11.8 Å². The SMILES string of the molecule is CC(C(=O)O)c1ccc(C(=O)c2cccnc2)cc1. The van der Waals surface area contributed by atoms with Crippen molar-refractivity contribution in [3.05, 3.63) is 65.5 Å². The minimum absolute atomic E-state index is 0.123. The Kier molecular flexibility index (Phi) is 3.71. The Morgan fingerprint density at radius 1 is 1.11 bits per heavy atom. The predicted octanol–water partition coefficient (Wildman–Crippen LogP) is 2.50. The third-order valence-corrected chi connectivity index (χ3v) is 2.97. The van der Waals surface area contributed by atoms with Crippen LogP contribution in [0.4, 0.5) is 0 Å². The normalized spacial score (nSPS) is 11.8. The second kappa shape index (κ2) is 5.44. The van der Waals surface area contributed by atoms with Crippen LogP contribution < -0.4 is 0 Å². The number of pyridine rings is 1. The van der Waals surface area contributed by atoms with Gasteiger partial charge in [0, 0.05) is 23.5 Å². The lowest BCUT2D eigenvalue weighted by molar-refractivity contribution is -0.138. The predicted molar refractivity (Wildman–Crippen MR) is 70.2 cm³/mol. The molecule has 4 heteroatoms. The summed E-state index contributed by atoms with van der Waals surface area (Å²) in [4.78, 5) is 26.9. The number of rotatable bonds is 4. The molecule has 0 fully saturated rings. The van der Waals surface area contributed by atoms with Crippen LogP contribution in [0.15, 0.2) is 48.8 Å². The fourth-order valence-electron chi connectivity index (χ4n) is 1.73. The first-order chi connectivity index (χ1) is 9.09. The van der Waals surface area contributed by atoms with Crippen LogP contribution in [0.1, 0.15) is 34.3 Å². The monoisotopic (exact) mass is 255 g/mol. The summed E-state index contributed by atoms with van der Waals surface area (Å²) in [6.45, 7) is 1.61. The molecule has 0 amide bonds. The Hall–Kier alpha value is -2.49. The molecular weight excluding hydrogens is 242 g/mol. The molecule has 1 aromatic carbocycles. The molecule has 96 valence electrons. The van der Waals surface area contributed by atoms with E-state index in [0.717, 1.165) is 0 Å². The lowest BCUT2D eigenvalue weighted by Gasteiger charge is -2.07. The van der Waals surface area contributed by atoms with Gasteiger partial charge in [0.2, 0.25) is 0 Å². The molecule has 4 nitrogen and oxygen atoms in total. The first-order valence-corrected chi connectivity index (χ1v) is 5.87. The number of hydrogen-bond donors (Lipinski definition) is 1. The molecule has 1 unspecified atom stereocenters. The number of nitrogens with zero attached hydrogens (tertiary/aromatic N) is 1. The Balaban J connectivity index is 2.24. The molecule has 1 heterocycles. The maximum absolute atomic E-state index is 12.1. The van der Waals surface area contributed by atoms with Crippen molar-refractivity contribution in [2.45, 2.75) is 12.8 Å². The van der Waals surface area contributed by atoms with E-state index in [9.17, 15) is 9.59 Å². The van der Waals surface area contributed by atoms with Crippen molar-refractivity contribution in [3.63, 3.8) is 0 Å². The maximum Gasteiger partial charge on any atom is 0.310 e. The highest BCUT2D eigenvalue weighted by atomic mass is 16.4. The van der Waals surface area contributed by atoms with Gasteiger partial charge in [-0.1, -0.05) is 24.3 Å². The van der Waals surface area contributed by atoms with Crippen LogP contribution >= 0.6 is 0 Å². The highest BCUT2D eigenvalue weighted by molar-refractivity contribution is 6.08. The summed E-state index contributed by atoms with van der Waals surface area (Å²) >= 11 is 0. The molecule has 0 aliphatic heterocycles. The van der Waals surface area contributed by atoms with Gasteiger partial charge in [-0.05, 0) is 24.6 Å². The Labute approximate surface area is 110 Å². The van der Waals surface area contributed by atoms with Gasteiger partial charge in [-0.2, -0.15) is 0 Å². The Morgan fingerprint density at radius 3 is 2.32 bits per heavy atom. The van der Waals surface area contributed by atoms with Crippen molar-refractivity contribution in [1.82, 2.24) is 4.98 Å².